The summed E-state index contributed by atoms with van der Waals surface area (Å²) in [6.45, 7) is 2.37. The molecule has 2 atom stereocenters. The molecule has 136 valence electrons. The van der Waals surface area contributed by atoms with Crippen LogP contribution in [0.1, 0.15) is 32.6 Å². The Morgan fingerprint density at radius 1 is 1.30 bits per heavy atom. The molecule has 0 aromatic heterocycles. The highest BCUT2D eigenvalue weighted by molar-refractivity contribution is 7.98. The van der Waals surface area contributed by atoms with Crippen LogP contribution in [-0.2, 0) is 23.8 Å². The molecule has 7 nitrogen and oxygen atoms in total. The summed E-state index contributed by atoms with van der Waals surface area (Å²) in [7, 11) is 1.45. The number of aliphatic hydroxyl groups is 1. The summed E-state index contributed by atoms with van der Waals surface area (Å²) in [6, 6.07) is 0. The Bertz CT molecular complexity index is 325. The van der Waals surface area contributed by atoms with Gasteiger partial charge < -0.3 is 24.6 Å². The van der Waals surface area contributed by atoms with E-state index in [2.05, 4.69) is 5.32 Å². The third-order valence-corrected chi connectivity index (χ3v) is 3.67. The van der Waals surface area contributed by atoms with Crippen LogP contribution in [0.15, 0.2) is 0 Å². The van der Waals surface area contributed by atoms with Gasteiger partial charge in [-0.25, -0.2) is 0 Å². The normalized spacial score (nSPS) is 13.4. The average Bonchev–Trinajstić information content (AvgIpc) is 2.55. The van der Waals surface area contributed by atoms with Crippen LogP contribution in [0.4, 0.5) is 0 Å². The number of rotatable bonds is 14. The van der Waals surface area contributed by atoms with E-state index in [1.807, 2.05) is 13.2 Å². The first-order valence-corrected chi connectivity index (χ1v) is 9.17. The third kappa shape index (κ3) is 12.3. The van der Waals surface area contributed by atoms with E-state index >= 15 is 0 Å². The molecule has 0 rings (SSSR count). The largest absolute Gasteiger partial charge is 0.460 e. The van der Waals surface area contributed by atoms with E-state index < -0.39 is 12.3 Å². The summed E-state index contributed by atoms with van der Waals surface area (Å²) >= 11 is 1.66. The van der Waals surface area contributed by atoms with Crippen LogP contribution in [-0.4, -0.2) is 68.3 Å². The van der Waals surface area contributed by atoms with E-state index in [4.69, 9.17) is 19.3 Å². The number of ether oxygens (including phenoxy) is 3. The molecule has 23 heavy (non-hydrogen) atoms. The molecular formula is C15H29NO6S. The number of esters is 1. The number of aliphatic hydroxyl groups excluding tert-OH is 1. The fourth-order valence-corrected chi connectivity index (χ4v) is 1.96. The van der Waals surface area contributed by atoms with Crippen LogP contribution >= 0.6 is 11.8 Å². The van der Waals surface area contributed by atoms with Crippen molar-refractivity contribution in [2.75, 3.05) is 38.9 Å². The average molecular weight is 351 g/mol. The van der Waals surface area contributed by atoms with Gasteiger partial charge in [-0.15, -0.1) is 0 Å². The minimum Gasteiger partial charge on any atom is -0.460 e. The topological polar surface area (TPSA) is 94.1 Å². The highest BCUT2D eigenvalue weighted by atomic mass is 32.2. The van der Waals surface area contributed by atoms with Crippen LogP contribution in [0.3, 0.4) is 0 Å². The highest BCUT2D eigenvalue weighted by Gasteiger charge is 2.16. The molecule has 2 N–H and O–H groups in total. The molecule has 1 amide bonds. The molecule has 0 saturated heterocycles. The van der Waals surface area contributed by atoms with Gasteiger partial charge in [-0.3, -0.25) is 9.59 Å². The zero-order valence-corrected chi connectivity index (χ0v) is 15.0. The zero-order valence-electron chi connectivity index (χ0n) is 14.2. The first-order valence-electron chi connectivity index (χ1n) is 7.77. The number of thioether (sulfide) groups is 1. The molecule has 0 bridgehead atoms. The summed E-state index contributed by atoms with van der Waals surface area (Å²) in [6.07, 6.45) is 2.48. The minimum atomic E-state index is -0.703. The van der Waals surface area contributed by atoms with Crippen molar-refractivity contribution in [2.45, 2.75) is 45.0 Å². The van der Waals surface area contributed by atoms with E-state index in [1.54, 1.807) is 11.8 Å². The second-order valence-electron chi connectivity index (χ2n) is 4.89. The molecule has 2 unspecified atom stereocenters. The maximum absolute atomic E-state index is 11.6. The van der Waals surface area contributed by atoms with E-state index in [-0.39, 0.29) is 31.6 Å². The van der Waals surface area contributed by atoms with E-state index in [1.165, 1.54) is 7.11 Å². The van der Waals surface area contributed by atoms with Gasteiger partial charge in [-0.05, 0) is 19.1 Å². The lowest BCUT2D eigenvalue weighted by atomic mass is 10.2. The fraction of sp³-hybridized carbons (Fsp3) is 0.867. The summed E-state index contributed by atoms with van der Waals surface area (Å²) < 4.78 is 15.5. The third-order valence-electron chi connectivity index (χ3n) is 3.06. The number of carbonyl (C=O) groups is 2. The Balaban J connectivity index is 3.81. The van der Waals surface area contributed by atoms with Crippen molar-refractivity contribution in [1.29, 1.82) is 0 Å². The molecule has 0 fully saturated rings. The lowest BCUT2D eigenvalue weighted by Crippen LogP contribution is -2.30. The van der Waals surface area contributed by atoms with Gasteiger partial charge in [0.15, 0.2) is 6.29 Å². The lowest BCUT2D eigenvalue weighted by Gasteiger charge is -2.21. The zero-order chi connectivity index (χ0) is 17.5. The molecule has 0 aliphatic heterocycles. The van der Waals surface area contributed by atoms with Crippen molar-refractivity contribution in [2.24, 2.45) is 0 Å². The van der Waals surface area contributed by atoms with Gasteiger partial charge in [0.1, 0.15) is 6.61 Å². The fourth-order valence-electron chi connectivity index (χ4n) is 1.65. The second kappa shape index (κ2) is 14.7. The molecule has 8 heteroatoms. The van der Waals surface area contributed by atoms with Crippen molar-refractivity contribution >= 4 is 23.6 Å². The number of carbonyl (C=O) groups excluding carboxylic acids is 2. The standard InChI is InChI=1S/C15H29NO6S/c1-4-12(10-17)22-15(20-2)11-21-14(19)7-5-6-13(18)16-8-9-23-3/h12,15,17H,4-11H2,1-3H3,(H,16,18). The monoisotopic (exact) mass is 351 g/mol. The predicted octanol–water partition coefficient (Wildman–Crippen LogP) is 0.939. The van der Waals surface area contributed by atoms with Gasteiger partial charge in [-0.2, -0.15) is 11.8 Å². The Morgan fingerprint density at radius 3 is 2.61 bits per heavy atom. The van der Waals surface area contributed by atoms with Gasteiger partial charge in [0.2, 0.25) is 5.91 Å². The van der Waals surface area contributed by atoms with Gasteiger partial charge in [0.25, 0.3) is 0 Å². The second-order valence-corrected chi connectivity index (χ2v) is 5.88. The SMILES string of the molecule is CCC(CO)OC(COC(=O)CCCC(=O)NCCSC)OC. The first-order chi connectivity index (χ1) is 11.1. The highest BCUT2D eigenvalue weighted by Crippen LogP contribution is 2.05. The maximum atomic E-state index is 11.6. The number of nitrogens with one attached hydrogen (secondary N) is 1. The Morgan fingerprint density at radius 2 is 2.04 bits per heavy atom. The smallest absolute Gasteiger partial charge is 0.305 e. The predicted molar refractivity (Wildman–Crippen MR) is 89.2 cm³/mol. The summed E-state index contributed by atoms with van der Waals surface area (Å²) in [5.74, 6) is 0.419. The summed E-state index contributed by atoms with van der Waals surface area (Å²) in [4.78, 5) is 23.1. The molecule has 0 heterocycles. The Kier molecular flexibility index (Phi) is 14.2. The molecular weight excluding hydrogens is 322 g/mol. The molecule has 0 aliphatic carbocycles. The quantitative estimate of drug-likeness (QED) is 0.273. The van der Waals surface area contributed by atoms with Crippen LogP contribution in [0.2, 0.25) is 0 Å². The van der Waals surface area contributed by atoms with Gasteiger partial charge >= 0.3 is 5.97 Å². The summed E-state index contributed by atoms with van der Waals surface area (Å²) in [5, 5.41) is 11.8. The number of hydrogen-bond acceptors (Lipinski definition) is 7. The molecule has 0 aromatic rings. The maximum Gasteiger partial charge on any atom is 0.305 e. The first kappa shape index (κ1) is 22.2. The Labute approximate surface area is 142 Å². The number of amides is 1. The Hall–Kier alpha value is -0.830. The number of methoxy groups -OCH3 is 1. The van der Waals surface area contributed by atoms with Crippen LogP contribution < -0.4 is 5.32 Å². The van der Waals surface area contributed by atoms with Gasteiger partial charge in [0, 0.05) is 32.2 Å². The minimum absolute atomic E-state index is 0.0360. The molecule has 0 spiro atoms. The van der Waals surface area contributed by atoms with Crippen molar-refractivity contribution in [3.63, 3.8) is 0 Å². The van der Waals surface area contributed by atoms with Crippen LogP contribution in [0, 0.1) is 0 Å². The van der Waals surface area contributed by atoms with Crippen molar-refractivity contribution in [3.8, 4) is 0 Å². The van der Waals surface area contributed by atoms with Crippen molar-refractivity contribution in [3.05, 3.63) is 0 Å². The van der Waals surface area contributed by atoms with E-state index in [0.717, 1.165) is 5.75 Å². The number of hydrogen-bond donors (Lipinski definition) is 2. The molecule has 0 radical (unpaired) electrons. The lowest BCUT2D eigenvalue weighted by molar-refractivity contribution is -0.194. The molecule has 0 aromatic carbocycles. The summed E-state index contributed by atoms with van der Waals surface area (Å²) in [5.41, 5.74) is 0. The molecule has 0 aliphatic rings. The van der Waals surface area contributed by atoms with Crippen molar-refractivity contribution < 1.29 is 28.9 Å². The van der Waals surface area contributed by atoms with Crippen molar-refractivity contribution in [1.82, 2.24) is 5.32 Å². The van der Waals surface area contributed by atoms with E-state index in [0.29, 0.717) is 25.8 Å². The van der Waals surface area contributed by atoms with Crippen LogP contribution in [0.5, 0.6) is 0 Å². The molecule has 0 saturated carbocycles. The van der Waals surface area contributed by atoms with Crippen LogP contribution in [0.25, 0.3) is 0 Å². The van der Waals surface area contributed by atoms with Gasteiger partial charge in [-0.1, -0.05) is 6.92 Å². The van der Waals surface area contributed by atoms with E-state index in [9.17, 15) is 9.59 Å². The van der Waals surface area contributed by atoms with Gasteiger partial charge in [0.05, 0.1) is 12.7 Å².